The van der Waals surface area contributed by atoms with E-state index in [4.69, 9.17) is 23.2 Å². The Morgan fingerprint density at radius 1 is 0.946 bits per heavy atom. The number of aromatic nitrogens is 2. The van der Waals surface area contributed by atoms with Crippen LogP contribution in [0.5, 0.6) is 5.75 Å². The van der Waals surface area contributed by atoms with Gasteiger partial charge in [0.25, 0.3) is 11.8 Å². The maximum atomic E-state index is 13.3. The lowest BCUT2D eigenvalue weighted by Gasteiger charge is -2.13. The third-order valence-corrected chi connectivity index (χ3v) is 5.83. The van der Waals surface area contributed by atoms with Crippen LogP contribution in [0, 0.1) is 0 Å². The Morgan fingerprint density at radius 2 is 1.57 bits per heavy atom. The highest BCUT2D eigenvalue weighted by molar-refractivity contribution is 6.37. The number of phenols is 1. The van der Waals surface area contributed by atoms with E-state index in [0.717, 1.165) is 6.07 Å². The molecule has 3 aromatic carbocycles. The number of aromatic hydroxyl groups is 1. The molecule has 0 saturated heterocycles. The summed E-state index contributed by atoms with van der Waals surface area (Å²) >= 11 is 11.8. The van der Waals surface area contributed by atoms with E-state index < -0.39 is 35.8 Å². The third-order valence-electron chi connectivity index (χ3n) is 5.25. The minimum atomic E-state index is -4.59. The molecule has 0 fully saturated rings. The van der Waals surface area contributed by atoms with Gasteiger partial charge in [-0.2, -0.15) is 13.2 Å². The van der Waals surface area contributed by atoms with Crippen LogP contribution in [0.25, 0.3) is 5.69 Å². The van der Waals surface area contributed by atoms with Gasteiger partial charge in [0.05, 0.1) is 21.3 Å². The van der Waals surface area contributed by atoms with Crippen LogP contribution in [0.4, 0.5) is 19.0 Å². The molecule has 0 aliphatic heterocycles. The summed E-state index contributed by atoms with van der Waals surface area (Å²) in [5, 5.41) is 18.6. The SMILES string of the molecule is O=C(Nc1nn(-c2ccccc2)cc1C(=O)NCc1ccccc1C(F)(F)F)c1cc(Cl)c(O)c(Cl)c1. The Labute approximate surface area is 218 Å². The smallest absolute Gasteiger partial charge is 0.416 e. The minimum absolute atomic E-state index is 0.0208. The second kappa shape index (κ2) is 10.5. The highest BCUT2D eigenvalue weighted by Gasteiger charge is 2.33. The van der Waals surface area contributed by atoms with Crippen molar-refractivity contribution in [2.75, 3.05) is 5.32 Å². The van der Waals surface area contributed by atoms with Gasteiger partial charge in [0, 0.05) is 18.3 Å². The molecule has 190 valence electrons. The summed E-state index contributed by atoms with van der Waals surface area (Å²) in [6.07, 6.45) is -3.25. The summed E-state index contributed by atoms with van der Waals surface area (Å²) in [6, 6.07) is 15.9. The fourth-order valence-corrected chi connectivity index (χ4v) is 3.93. The number of nitrogens with one attached hydrogen (secondary N) is 2. The molecule has 3 N–H and O–H groups in total. The third kappa shape index (κ3) is 5.87. The summed E-state index contributed by atoms with van der Waals surface area (Å²) in [4.78, 5) is 25.9. The molecule has 12 heteroatoms. The maximum Gasteiger partial charge on any atom is 0.416 e. The van der Waals surface area contributed by atoms with E-state index in [1.54, 1.807) is 30.3 Å². The Bertz CT molecular complexity index is 1450. The zero-order chi connectivity index (χ0) is 26.7. The molecule has 0 unspecified atom stereocenters. The van der Waals surface area contributed by atoms with Crippen molar-refractivity contribution in [3.63, 3.8) is 0 Å². The second-order valence-corrected chi connectivity index (χ2v) is 8.57. The largest absolute Gasteiger partial charge is 0.505 e. The standard InChI is InChI=1S/C25H17Cl2F3N4O3/c26-19-10-15(11-20(27)21(19)35)23(36)32-22-17(13-34(33-22)16-7-2-1-3-8-16)24(37)31-12-14-6-4-5-9-18(14)25(28,29)30/h1-11,13,35H,12H2,(H,31,37)(H,32,33,36). The van der Waals surface area contributed by atoms with E-state index in [0.29, 0.717) is 5.69 Å². The van der Waals surface area contributed by atoms with Crippen molar-refractivity contribution in [1.29, 1.82) is 0 Å². The number of carbonyl (C=O) groups excluding carboxylic acids is 2. The van der Waals surface area contributed by atoms with E-state index in [1.807, 2.05) is 0 Å². The molecule has 4 aromatic rings. The molecule has 37 heavy (non-hydrogen) atoms. The van der Waals surface area contributed by atoms with Gasteiger partial charge >= 0.3 is 6.18 Å². The van der Waals surface area contributed by atoms with E-state index in [2.05, 4.69) is 15.7 Å². The predicted octanol–water partition coefficient (Wildman–Crippen LogP) is 6.09. The van der Waals surface area contributed by atoms with E-state index >= 15 is 0 Å². The Hall–Kier alpha value is -4.02. The van der Waals surface area contributed by atoms with Crippen LogP contribution in [0.1, 0.15) is 31.8 Å². The molecule has 0 spiro atoms. The molecule has 7 nitrogen and oxygen atoms in total. The Kier molecular flexibility index (Phi) is 7.42. The van der Waals surface area contributed by atoms with Crippen molar-refractivity contribution >= 4 is 40.8 Å². The lowest BCUT2D eigenvalue weighted by Crippen LogP contribution is -2.25. The van der Waals surface area contributed by atoms with Gasteiger partial charge in [-0.05, 0) is 35.9 Å². The first-order valence-electron chi connectivity index (χ1n) is 10.6. The summed E-state index contributed by atoms with van der Waals surface area (Å²) in [6.45, 7) is -0.415. The monoisotopic (exact) mass is 548 g/mol. The molecular formula is C25H17Cl2F3N4O3. The number of anilines is 1. The van der Waals surface area contributed by atoms with Gasteiger partial charge in [-0.1, -0.05) is 59.6 Å². The lowest BCUT2D eigenvalue weighted by molar-refractivity contribution is -0.138. The molecule has 0 bridgehead atoms. The normalized spacial score (nSPS) is 11.3. The number of para-hydroxylation sites is 1. The first-order valence-corrected chi connectivity index (χ1v) is 11.4. The van der Waals surface area contributed by atoms with E-state index in [-0.39, 0.29) is 32.6 Å². The summed E-state index contributed by atoms with van der Waals surface area (Å²) in [5.74, 6) is -2.06. The van der Waals surface area contributed by atoms with Crippen molar-refractivity contribution in [3.05, 3.63) is 105 Å². The zero-order valence-corrected chi connectivity index (χ0v) is 20.2. The van der Waals surface area contributed by atoms with Gasteiger partial charge in [0.2, 0.25) is 0 Å². The molecule has 0 radical (unpaired) electrons. The quantitative estimate of drug-likeness (QED) is 0.272. The zero-order valence-electron chi connectivity index (χ0n) is 18.7. The summed E-state index contributed by atoms with van der Waals surface area (Å²) in [7, 11) is 0. The topological polar surface area (TPSA) is 96.2 Å². The Morgan fingerprint density at radius 3 is 2.22 bits per heavy atom. The van der Waals surface area contributed by atoms with Gasteiger partial charge in [-0.25, -0.2) is 4.68 Å². The molecule has 0 saturated carbocycles. The Balaban J connectivity index is 1.64. The summed E-state index contributed by atoms with van der Waals surface area (Å²) < 4.78 is 41.3. The highest BCUT2D eigenvalue weighted by atomic mass is 35.5. The van der Waals surface area contributed by atoms with Crippen LogP contribution in [0.15, 0.2) is 72.9 Å². The first kappa shape index (κ1) is 26.1. The molecule has 1 aromatic heterocycles. The average molecular weight is 549 g/mol. The number of nitrogens with zero attached hydrogens (tertiary/aromatic N) is 2. The van der Waals surface area contributed by atoms with Crippen LogP contribution in [-0.2, 0) is 12.7 Å². The van der Waals surface area contributed by atoms with E-state index in [1.165, 1.54) is 41.2 Å². The fraction of sp³-hybridized carbons (Fsp3) is 0.0800. The van der Waals surface area contributed by atoms with Crippen molar-refractivity contribution in [1.82, 2.24) is 15.1 Å². The number of rotatable bonds is 6. The first-order chi connectivity index (χ1) is 17.5. The lowest BCUT2D eigenvalue weighted by atomic mass is 10.1. The number of amides is 2. The van der Waals surface area contributed by atoms with Crippen molar-refractivity contribution < 1.29 is 27.9 Å². The average Bonchev–Trinajstić information content (AvgIpc) is 3.29. The van der Waals surface area contributed by atoms with Crippen molar-refractivity contribution in [3.8, 4) is 11.4 Å². The van der Waals surface area contributed by atoms with Gasteiger partial charge < -0.3 is 15.7 Å². The molecule has 4 rings (SSSR count). The molecule has 0 aliphatic carbocycles. The van der Waals surface area contributed by atoms with Crippen LogP contribution in [0.2, 0.25) is 10.0 Å². The second-order valence-electron chi connectivity index (χ2n) is 7.75. The molecule has 0 atom stereocenters. The van der Waals surface area contributed by atoms with Crippen LogP contribution >= 0.6 is 23.2 Å². The number of phenolic OH excluding ortho intramolecular Hbond substituents is 1. The fourth-order valence-electron chi connectivity index (χ4n) is 3.44. The highest BCUT2D eigenvalue weighted by Crippen LogP contribution is 2.33. The number of hydrogen-bond acceptors (Lipinski definition) is 4. The van der Waals surface area contributed by atoms with Crippen LogP contribution in [-0.4, -0.2) is 26.7 Å². The molecule has 0 aliphatic rings. The van der Waals surface area contributed by atoms with E-state index in [9.17, 15) is 27.9 Å². The number of alkyl halides is 3. The number of hydrogen-bond donors (Lipinski definition) is 3. The minimum Gasteiger partial charge on any atom is -0.505 e. The molecular weight excluding hydrogens is 532 g/mol. The van der Waals surface area contributed by atoms with Gasteiger partial charge in [-0.3, -0.25) is 9.59 Å². The number of carbonyl (C=O) groups is 2. The van der Waals surface area contributed by atoms with Gasteiger partial charge in [0.15, 0.2) is 11.6 Å². The predicted molar refractivity (Wildman–Crippen MR) is 132 cm³/mol. The van der Waals surface area contributed by atoms with Crippen molar-refractivity contribution in [2.45, 2.75) is 12.7 Å². The summed E-state index contributed by atoms with van der Waals surface area (Å²) in [5.41, 5.74) is -0.553. The number of halogens is 5. The van der Waals surface area contributed by atoms with Crippen LogP contribution < -0.4 is 10.6 Å². The van der Waals surface area contributed by atoms with Crippen LogP contribution in [0.3, 0.4) is 0 Å². The molecule has 2 amide bonds. The van der Waals surface area contributed by atoms with Gasteiger partial charge in [-0.15, -0.1) is 5.10 Å². The maximum absolute atomic E-state index is 13.3. The van der Waals surface area contributed by atoms with Gasteiger partial charge in [0.1, 0.15) is 5.56 Å². The number of benzene rings is 3. The van der Waals surface area contributed by atoms with Crippen molar-refractivity contribution in [2.24, 2.45) is 0 Å². The molecule has 1 heterocycles.